The van der Waals surface area contributed by atoms with Crippen LogP contribution in [0.3, 0.4) is 0 Å². The van der Waals surface area contributed by atoms with Crippen molar-refractivity contribution in [2.45, 2.75) is 19.6 Å². The van der Waals surface area contributed by atoms with Crippen molar-refractivity contribution in [2.75, 3.05) is 13.1 Å². The SMILES string of the molecule is O=C(c1cscn1)N1CCc2nnc(COc3cncnc3)n2CC1. The van der Waals surface area contributed by atoms with Crippen molar-refractivity contribution in [2.24, 2.45) is 0 Å². The maximum absolute atomic E-state index is 12.5. The summed E-state index contributed by atoms with van der Waals surface area (Å²) in [6.07, 6.45) is 5.29. The molecule has 0 fully saturated rings. The summed E-state index contributed by atoms with van der Waals surface area (Å²) in [6.45, 7) is 2.09. The van der Waals surface area contributed by atoms with Crippen molar-refractivity contribution < 1.29 is 9.53 Å². The maximum atomic E-state index is 12.5. The Morgan fingerprint density at radius 3 is 2.88 bits per heavy atom. The van der Waals surface area contributed by atoms with Gasteiger partial charge in [0.2, 0.25) is 0 Å². The fraction of sp³-hybridized carbons (Fsp3) is 0.333. The minimum atomic E-state index is -0.0424. The molecule has 0 bridgehead atoms. The van der Waals surface area contributed by atoms with Crippen LogP contribution in [-0.2, 0) is 19.6 Å². The second-order valence-corrected chi connectivity index (χ2v) is 6.18. The lowest BCUT2D eigenvalue weighted by atomic mass is 10.3. The molecule has 1 amide bonds. The van der Waals surface area contributed by atoms with Crippen LogP contribution in [0, 0.1) is 0 Å². The van der Waals surface area contributed by atoms with Crippen LogP contribution in [0.2, 0.25) is 0 Å². The molecular weight excluding hydrogens is 342 g/mol. The van der Waals surface area contributed by atoms with E-state index in [0.29, 0.717) is 37.5 Å². The van der Waals surface area contributed by atoms with Crippen LogP contribution in [0.4, 0.5) is 0 Å². The lowest BCUT2D eigenvalue weighted by Crippen LogP contribution is -2.34. The summed E-state index contributed by atoms with van der Waals surface area (Å²) in [6, 6.07) is 0. The number of nitrogens with zero attached hydrogens (tertiary/aromatic N) is 7. The first-order chi connectivity index (χ1) is 12.3. The van der Waals surface area contributed by atoms with Crippen LogP contribution >= 0.6 is 11.3 Å². The number of carbonyl (C=O) groups excluding carboxylic acids is 1. The van der Waals surface area contributed by atoms with Crippen molar-refractivity contribution in [3.8, 4) is 5.75 Å². The minimum Gasteiger partial charge on any atom is -0.482 e. The Kier molecular flexibility index (Phi) is 4.34. The second kappa shape index (κ2) is 6.93. The molecule has 0 saturated carbocycles. The summed E-state index contributed by atoms with van der Waals surface area (Å²) in [5, 5.41) is 10.2. The molecule has 3 aromatic heterocycles. The minimum absolute atomic E-state index is 0.0424. The molecule has 0 aromatic carbocycles. The Labute approximate surface area is 147 Å². The number of aromatic nitrogens is 6. The highest BCUT2D eigenvalue weighted by Crippen LogP contribution is 2.14. The summed E-state index contributed by atoms with van der Waals surface area (Å²) < 4.78 is 7.67. The van der Waals surface area contributed by atoms with E-state index < -0.39 is 0 Å². The van der Waals surface area contributed by atoms with E-state index in [1.165, 1.54) is 17.7 Å². The molecule has 4 rings (SSSR count). The first-order valence-corrected chi connectivity index (χ1v) is 8.72. The molecular formula is C15H15N7O2S. The fourth-order valence-corrected chi connectivity index (χ4v) is 3.21. The summed E-state index contributed by atoms with van der Waals surface area (Å²) in [5.41, 5.74) is 2.17. The van der Waals surface area contributed by atoms with Crippen molar-refractivity contribution >= 4 is 17.2 Å². The van der Waals surface area contributed by atoms with Gasteiger partial charge in [0.25, 0.3) is 5.91 Å². The number of thiazole rings is 1. The van der Waals surface area contributed by atoms with E-state index in [1.54, 1.807) is 28.2 Å². The Bertz CT molecular complexity index is 850. The highest BCUT2D eigenvalue weighted by atomic mass is 32.1. The molecule has 0 radical (unpaired) electrons. The van der Waals surface area contributed by atoms with Gasteiger partial charge in [0.1, 0.15) is 24.5 Å². The van der Waals surface area contributed by atoms with E-state index in [-0.39, 0.29) is 12.5 Å². The van der Waals surface area contributed by atoms with Crippen LogP contribution in [-0.4, -0.2) is 53.6 Å². The maximum Gasteiger partial charge on any atom is 0.273 e. The lowest BCUT2D eigenvalue weighted by molar-refractivity contribution is 0.0753. The standard InChI is InChI=1S/C15H15N7O2S/c23-15(12-8-25-10-18-12)21-2-1-13-19-20-14(22(13)4-3-21)7-24-11-5-16-9-17-6-11/h5-6,8-10H,1-4,7H2. The van der Waals surface area contributed by atoms with Crippen molar-refractivity contribution in [1.82, 2.24) is 34.6 Å². The highest BCUT2D eigenvalue weighted by molar-refractivity contribution is 7.07. The number of amides is 1. The number of hydrogen-bond acceptors (Lipinski definition) is 8. The van der Waals surface area contributed by atoms with Crippen LogP contribution in [0.15, 0.2) is 29.6 Å². The largest absolute Gasteiger partial charge is 0.482 e. The molecule has 0 spiro atoms. The zero-order valence-electron chi connectivity index (χ0n) is 13.3. The van der Waals surface area contributed by atoms with Gasteiger partial charge in [-0.2, -0.15) is 0 Å². The van der Waals surface area contributed by atoms with Gasteiger partial charge in [-0.15, -0.1) is 21.5 Å². The highest BCUT2D eigenvalue weighted by Gasteiger charge is 2.23. The van der Waals surface area contributed by atoms with Crippen LogP contribution in [0.25, 0.3) is 0 Å². The Hall–Kier alpha value is -2.88. The van der Waals surface area contributed by atoms with Crippen molar-refractivity contribution in [3.63, 3.8) is 0 Å². The molecule has 3 aromatic rings. The Morgan fingerprint density at radius 1 is 1.20 bits per heavy atom. The average molecular weight is 357 g/mol. The summed E-state index contributed by atoms with van der Waals surface area (Å²) >= 11 is 1.42. The Balaban J connectivity index is 1.44. The molecule has 0 saturated heterocycles. The first kappa shape index (κ1) is 15.6. The topological polar surface area (TPSA) is 98.9 Å². The number of carbonyl (C=O) groups is 1. The third kappa shape index (κ3) is 3.33. The predicted molar refractivity (Wildman–Crippen MR) is 88.1 cm³/mol. The average Bonchev–Trinajstić information content (AvgIpc) is 3.26. The molecule has 1 aliphatic rings. The van der Waals surface area contributed by atoms with Gasteiger partial charge in [0.05, 0.1) is 17.9 Å². The normalized spacial score (nSPS) is 14.0. The second-order valence-electron chi connectivity index (χ2n) is 5.46. The summed E-state index contributed by atoms with van der Waals surface area (Å²) in [4.78, 5) is 26.2. The molecule has 0 N–H and O–H groups in total. The molecule has 0 unspecified atom stereocenters. The van der Waals surface area contributed by atoms with Crippen LogP contribution in [0.5, 0.6) is 5.75 Å². The van der Waals surface area contributed by atoms with Gasteiger partial charge in [-0.25, -0.2) is 15.0 Å². The van der Waals surface area contributed by atoms with Crippen LogP contribution in [0.1, 0.15) is 22.1 Å². The Morgan fingerprint density at radius 2 is 2.08 bits per heavy atom. The molecule has 9 nitrogen and oxygen atoms in total. The molecule has 25 heavy (non-hydrogen) atoms. The predicted octanol–water partition coefficient (Wildman–Crippen LogP) is 0.802. The van der Waals surface area contributed by atoms with Gasteiger partial charge in [-0.3, -0.25) is 4.79 Å². The van der Waals surface area contributed by atoms with Crippen molar-refractivity contribution in [3.05, 3.63) is 47.0 Å². The fourth-order valence-electron chi connectivity index (χ4n) is 2.68. The van der Waals surface area contributed by atoms with Gasteiger partial charge in [-0.05, 0) is 0 Å². The molecule has 0 atom stereocenters. The quantitative estimate of drug-likeness (QED) is 0.681. The van der Waals surface area contributed by atoms with E-state index in [0.717, 1.165) is 11.6 Å². The van der Waals surface area contributed by atoms with Gasteiger partial charge in [0, 0.05) is 31.4 Å². The van der Waals surface area contributed by atoms with E-state index in [9.17, 15) is 4.79 Å². The van der Waals surface area contributed by atoms with Gasteiger partial charge in [0.15, 0.2) is 11.6 Å². The lowest BCUT2D eigenvalue weighted by Gasteiger charge is -2.18. The molecule has 1 aliphatic heterocycles. The monoisotopic (exact) mass is 357 g/mol. The van der Waals surface area contributed by atoms with Gasteiger partial charge in [-0.1, -0.05) is 0 Å². The zero-order chi connectivity index (χ0) is 17.1. The zero-order valence-corrected chi connectivity index (χ0v) is 14.1. The summed E-state index contributed by atoms with van der Waals surface area (Å²) in [5.74, 6) is 2.12. The smallest absolute Gasteiger partial charge is 0.273 e. The third-order valence-electron chi connectivity index (χ3n) is 3.95. The molecule has 0 aliphatic carbocycles. The van der Waals surface area contributed by atoms with Crippen LogP contribution < -0.4 is 4.74 Å². The number of hydrogen-bond donors (Lipinski definition) is 0. The third-order valence-corrected chi connectivity index (χ3v) is 4.53. The molecule has 4 heterocycles. The van der Waals surface area contributed by atoms with E-state index in [1.807, 2.05) is 4.57 Å². The van der Waals surface area contributed by atoms with E-state index in [4.69, 9.17) is 4.74 Å². The summed E-state index contributed by atoms with van der Waals surface area (Å²) in [7, 11) is 0. The molecule has 128 valence electrons. The first-order valence-electron chi connectivity index (χ1n) is 7.77. The van der Waals surface area contributed by atoms with Gasteiger partial charge >= 0.3 is 0 Å². The number of ether oxygens (including phenoxy) is 1. The molecule has 10 heteroatoms. The number of rotatable bonds is 4. The van der Waals surface area contributed by atoms with E-state index >= 15 is 0 Å². The van der Waals surface area contributed by atoms with E-state index in [2.05, 4.69) is 25.1 Å². The van der Waals surface area contributed by atoms with Gasteiger partial charge < -0.3 is 14.2 Å². The van der Waals surface area contributed by atoms with Crippen molar-refractivity contribution in [1.29, 1.82) is 0 Å². The number of fused-ring (bicyclic) bond motifs is 1.